The van der Waals surface area contributed by atoms with Crippen LogP contribution in [0.15, 0.2) is 54.6 Å². The highest BCUT2D eigenvalue weighted by molar-refractivity contribution is 5.81. The first-order valence-electron chi connectivity index (χ1n) is 7.23. The van der Waals surface area contributed by atoms with Gasteiger partial charge in [-0.15, -0.1) is 0 Å². The number of carbonyl (C=O) groups is 1. The van der Waals surface area contributed by atoms with E-state index in [1.165, 1.54) is 4.90 Å². The lowest BCUT2D eigenvalue weighted by atomic mass is 10.1. The van der Waals surface area contributed by atoms with Crippen LogP contribution in [0.25, 0.3) is 0 Å². The Balaban J connectivity index is 1.85. The fourth-order valence-electron chi connectivity index (χ4n) is 2.05. The molecule has 0 bridgehead atoms. The van der Waals surface area contributed by atoms with E-state index in [0.717, 1.165) is 0 Å². The van der Waals surface area contributed by atoms with E-state index in [-0.39, 0.29) is 12.5 Å². The van der Waals surface area contributed by atoms with Crippen LogP contribution in [0.2, 0.25) is 0 Å². The maximum absolute atomic E-state index is 12.2. The summed E-state index contributed by atoms with van der Waals surface area (Å²) in [5, 5.41) is 18.9. The number of nitrogens with zero attached hydrogens (tertiary/aromatic N) is 2. The summed E-state index contributed by atoms with van der Waals surface area (Å²) in [7, 11) is 1.61. The minimum atomic E-state index is -1.18. The molecule has 2 aromatic rings. The average Bonchev–Trinajstić information content (AvgIpc) is 2.61. The van der Waals surface area contributed by atoms with E-state index in [4.69, 9.17) is 10.00 Å². The number of amides is 1. The van der Waals surface area contributed by atoms with E-state index in [0.29, 0.717) is 23.4 Å². The van der Waals surface area contributed by atoms with E-state index in [1.54, 1.807) is 55.6 Å². The molecule has 1 amide bonds. The van der Waals surface area contributed by atoms with Crippen LogP contribution < -0.4 is 4.74 Å². The van der Waals surface area contributed by atoms with Gasteiger partial charge in [-0.25, -0.2) is 0 Å². The first-order valence-corrected chi connectivity index (χ1v) is 7.23. The summed E-state index contributed by atoms with van der Waals surface area (Å²) >= 11 is 0. The zero-order chi connectivity index (χ0) is 16.7. The third-order valence-electron chi connectivity index (χ3n) is 3.38. The highest BCUT2D eigenvalue weighted by Crippen LogP contribution is 2.15. The van der Waals surface area contributed by atoms with Crippen LogP contribution in [0.1, 0.15) is 17.2 Å². The molecule has 0 saturated carbocycles. The normalized spacial score (nSPS) is 11.3. The number of rotatable bonds is 6. The third kappa shape index (κ3) is 4.56. The lowest BCUT2D eigenvalue weighted by Gasteiger charge is -2.21. The van der Waals surface area contributed by atoms with Crippen molar-refractivity contribution in [3.8, 4) is 11.8 Å². The average molecular weight is 310 g/mol. The molecule has 0 aliphatic heterocycles. The molecular formula is C18H18N2O3. The van der Waals surface area contributed by atoms with Crippen LogP contribution in [-0.2, 0) is 4.79 Å². The molecule has 0 aromatic heterocycles. The van der Waals surface area contributed by atoms with E-state index in [9.17, 15) is 9.90 Å². The van der Waals surface area contributed by atoms with E-state index < -0.39 is 6.10 Å². The van der Waals surface area contributed by atoms with E-state index >= 15 is 0 Å². The van der Waals surface area contributed by atoms with Gasteiger partial charge < -0.3 is 14.7 Å². The zero-order valence-corrected chi connectivity index (χ0v) is 12.8. The monoisotopic (exact) mass is 310 g/mol. The molecule has 0 radical (unpaired) electrons. The Labute approximate surface area is 135 Å². The summed E-state index contributed by atoms with van der Waals surface area (Å²) in [4.78, 5) is 13.6. The van der Waals surface area contributed by atoms with E-state index in [1.807, 2.05) is 12.1 Å². The highest BCUT2D eigenvalue weighted by Gasteiger charge is 2.20. The van der Waals surface area contributed by atoms with Crippen LogP contribution >= 0.6 is 0 Å². The topological polar surface area (TPSA) is 73.6 Å². The molecule has 23 heavy (non-hydrogen) atoms. The Kier molecular flexibility index (Phi) is 5.73. The van der Waals surface area contributed by atoms with Gasteiger partial charge in [-0.2, -0.15) is 5.26 Å². The Morgan fingerprint density at radius 3 is 2.70 bits per heavy atom. The van der Waals surface area contributed by atoms with Crippen LogP contribution in [0, 0.1) is 11.3 Å². The van der Waals surface area contributed by atoms with Crippen molar-refractivity contribution in [1.29, 1.82) is 5.26 Å². The minimum absolute atomic E-state index is 0.276. The Hall–Kier alpha value is -2.84. The second kappa shape index (κ2) is 7.97. The summed E-state index contributed by atoms with van der Waals surface area (Å²) in [5.41, 5.74) is 1.08. The third-order valence-corrected chi connectivity index (χ3v) is 3.38. The van der Waals surface area contributed by atoms with Gasteiger partial charge >= 0.3 is 0 Å². The van der Waals surface area contributed by atoms with Gasteiger partial charge in [0.1, 0.15) is 12.4 Å². The predicted molar refractivity (Wildman–Crippen MR) is 85.7 cm³/mol. The summed E-state index contributed by atoms with van der Waals surface area (Å²) in [6.07, 6.45) is -1.18. The van der Waals surface area contributed by atoms with E-state index in [2.05, 4.69) is 0 Å². The number of nitriles is 1. The minimum Gasteiger partial charge on any atom is -0.492 e. The summed E-state index contributed by atoms with van der Waals surface area (Å²) in [6.45, 7) is 0.609. The second-order valence-electron chi connectivity index (χ2n) is 5.06. The number of hydrogen-bond donors (Lipinski definition) is 1. The molecule has 0 fully saturated rings. The van der Waals surface area contributed by atoms with Gasteiger partial charge in [0.05, 0.1) is 18.2 Å². The standard InChI is InChI=1S/C18H18N2O3/c1-20(18(22)17(21)15-7-3-2-4-8-15)10-11-23-16-9-5-6-14(12-16)13-19/h2-9,12,17,21H,10-11H2,1H3/t17-/m1/s1. The Morgan fingerprint density at radius 1 is 1.26 bits per heavy atom. The number of hydrogen-bond acceptors (Lipinski definition) is 4. The van der Waals surface area contributed by atoms with Crippen molar-refractivity contribution in [3.63, 3.8) is 0 Å². The SMILES string of the molecule is CN(CCOc1cccc(C#N)c1)C(=O)[C@H](O)c1ccccc1. The van der Waals surface area contributed by atoms with Crippen LogP contribution in [0.4, 0.5) is 0 Å². The lowest BCUT2D eigenvalue weighted by Crippen LogP contribution is -2.34. The predicted octanol–water partition coefficient (Wildman–Crippen LogP) is 2.13. The molecule has 5 heteroatoms. The molecule has 118 valence electrons. The van der Waals surface area contributed by atoms with Crippen molar-refractivity contribution in [2.45, 2.75) is 6.10 Å². The van der Waals surface area contributed by atoms with Gasteiger partial charge in [0, 0.05) is 7.05 Å². The number of aliphatic hydroxyl groups excluding tert-OH is 1. The number of carbonyl (C=O) groups excluding carboxylic acids is 1. The van der Waals surface area contributed by atoms with Crippen molar-refractivity contribution < 1.29 is 14.6 Å². The second-order valence-corrected chi connectivity index (χ2v) is 5.06. The first-order chi connectivity index (χ1) is 11.1. The van der Waals surface area contributed by atoms with Gasteiger partial charge in [-0.1, -0.05) is 36.4 Å². The van der Waals surface area contributed by atoms with Crippen molar-refractivity contribution in [3.05, 3.63) is 65.7 Å². The Morgan fingerprint density at radius 2 is 2.00 bits per heavy atom. The largest absolute Gasteiger partial charge is 0.492 e. The fraction of sp³-hybridized carbons (Fsp3) is 0.222. The fourth-order valence-corrected chi connectivity index (χ4v) is 2.05. The van der Waals surface area contributed by atoms with Crippen molar-refractivity contribution in [2.75, 3.05) is 20.2 Å². The molecule has 1 N–H and O–H groups in total. The van der Waals surface area contributed by atoms with Crippen LogP contribution in [0.3, 0.4) is 0 Å². The maximum Gasteiger partial charge on any atom is 0.255 e. The Bertz CT molecular complexity index is 695. The molecule has 5 nitrogen and oxygen atoms in total. The molecule has 0 unspecified atom stereocenters. The summed E-state index contributed by atoms with van der Waals surface area (Å²) in [6, 6.07) is 17.7. The molecule has 0 spiro atoms. The molecular weight excluding hydrogens is 292 g/mol. The van der Waals surface area contributed by atoms with Crippen molar-refractivity contribution >= 4 is 5.91 Å². The molecule has 0 saturated heterocycles. The quantitative estimate of drug-likeness (QED) is 0.887. The molecule has 0 aliphatic rings. The van der Waals surface area contributed by atoms with Crippen LogP contribution in [0.5, 0.6) is 5.75 Å². The molecule has 2 aromatic carbocycles. The summed E-state index contributed by atoms with van der Waals surface area (Å²) in [5.74, 6) is 0.194. The first kappa shape index (κ1) is 16.5. The lowest BCUT2D eigenvalue weighted by molar-refractivity contribution is -0.139. The number of likely N-dealkylation sites (N-methyl/N-ethyl adjacent to an activating group) is 1. The number of ether oxygens (including phenoxy) is 1. The molecule has 0 heterocycles. The van der Waals surface area contributed by atoms with Gasteiger partial charge in [0.15, 0.2) is 6.10 Å². The summed E-state index contributed by atoms with van der Waals surface area (Å²) < 4.78 is 5.53. The van der Waals surface area contributed by atoms with Crippen LogP contribution in [-0.4, -0.2) is 36.1 Å². The highest BCUT2D eigenvalue weighted by atomic mass is 16.5. The van der Waals surface area contributed by atoms with Gasteiger partial charge in [-0.3, -0.25) is 4.79 Å². The van der Waals surface area contributed by atoms with Crippen molar-refractivity contribution in [1.82, 2.24) is 4.90 Å². The van der Waals surface area contributed by atoms with Gasteiger partial charge in [0.2, 0.25) is 0 Å². The van der Waals surface area contributed by atoms with Crippen molar-refractivity contribution in [2.24, 2.45) is 0 Å². The van der Waals surface area contributed by atoms with Gasteiger partial charge in [0.25, 0.3) is 5.91 Å². The molecule has 0 aliphatic carbocycles. The zero-order valence-electron chi connectivity index (χ0n) is 12.8. The van der Waals surface area contributed by atoms with Gasteiger partial charge in [-0.05, 0) is 23.8 Å². The molecule has 2 rings (SSSR count). The number of aliphatic hydroxyl groups is 1. The molecule has 1 atom stereocenters. The maximum atomic E-state index is 12.2. The number of benzene rings is 2. The smallest absolute Gasteiger partial charge is 0.255 e.